The second-order valence-electron chi connectivity index (χ2n) is 6.75. The van der Waals surface area contributed by atoms with Gasteiger partial charge >= 0.3 is 11.5 Å². The van der Waals surface area contributed by atoms with Crippen LogP contribution in [0.25, 0.3) is 11.1 Å². The Labute approximate surface area is 167 Å². The van der Waals surface area contributed by atoms with E-state index >= 15 is 0 Å². The van der Waals surface area contributed by atoms with Crippen LogP contribution in [0.1, 0.15) is 11.6 Å². The van der Waals surface area contributed by atoms with Gasteiger partial charge in [-0.15, -0.1) is 0 Å². The quantitative estimate of drug-likeness (QED) is 0.494. The van der Waals surface area contributed by atoms with Gasteiger partial charge in [-0.3, -0.25) is 9.69 Å². The van der Waals surface area contributed by atoms with Crippen LogP contribution >= 0.6 is 11.6 Å². The molecule has 4 rings (SSSR count). The zero-order valence-electron chi connectivity index (χ0n) is 15.7. The molecule has 3 aromatic rings. The molecule has 1 aliphatic rings. The van der Waals surface area contributed by atoms with Gasteiger partial charge in [0.15, 0.2) is 0 Å². The van der Waals surface area contributed by atoms with Gasteiger partial charge in [-0.25, -0.2) is 9.55 Å². The van der Waals surface area contributed by atoms with Crippen molar-refractivity contribution in [1.82, 2.24) is 9.55 Å². The summed E-state index contributed by atoms with van der Waals surface area (Å²) >= 11 is 5.91. The molecule has 0 spiro atoms. The maximum atomic E-state index is 13.4. The Hall–Kier alpha value is -3.06. The molecule has 7 nitrogen and oxygen atoms in total. The van der Waals surface area contributed by atoms with Gasteiger partial charge in [0.05, 0.1) is 26.8 Å². The number of ether oxygens (including phenoxy) is 1. The van der Waals surface area contributed by atoms with Gasteiger partial charge < -0.3 is 9.84 Å². The standard InChI is InChI=1S/C20H19ClN4O3/c1-23-11-15(13-6-9-16(21)22-10-13)25-19(27)17(18(26)24(2)20(23)25)12-4-7-14(28-3)8-5-12/h4-10,15H,11H2,1-3H3. The molecular weight excluding hydrogens is 380 g/mol. The Morgan fingerprint density at radius 2 is 1.96 bits per heavy atom. The fourth-order valence-electron chi connectivity index (χ4n) is 3.71. The SMILES string of the molecule is COc1ccc(-c2c([O-])[n+](C)c3n(c2=O)C(c2ccc(Cl)nc2)CN3C)cc1. The number of aromatic nitrogens is 3. The number of hydrogen-bond acceptors (Lipinski definition) is 5. The number of methoxy groups -OCH3 is 1. The number of pyridine rings is 1. The van der Waals surface area contributed by atoms with E-state index in [0.717, 1.165) is 5.56 Å². The first kappa shape index (κ1) is 18.3. The van der Waals surface area contributed by atoms with Crippen LogP contribution in [0.15, 0.2) is 47.4 Å². The van der Waals surface area contributed by atoms with Crippen molar-refractivity contribution in [1.29, 1.82) is 0 Å². The van der Waals surface area contributed by atoms with Crippen molar-refractivity contribution in [3.63, 3.8) is 0 Å². The average molecular weight is 399 g/mol. The zero-order chi connectivity index (χ0) is 20.0. The number of nitrogens with zero attached hydrogens (tertiary/aromatic N) is 4. The van der Waals surface area contributed by atoms with Crippen LogP contribution < -0.4 is 24.9 Å². The first-order valence-corrected chi connectivity index (χ1v) is 9.12. The first-order chi connectivity index (χ1) is 13.4. The van der Waals surface area contributed by atoms with E-state index in [1.165, 1.54) is 4.57 Å². The summed E-state index contributed by atoms with van der Waals surface area (Å²) in [5.41, 5.74) is 1.23. The summed E-state index contributed by atoms with van der Waals surface area (Å²) in [5, 5.41) is 13.4. The molecule has 0 N–H and O–H groups in total. The van der Waals surface area contributed by atoms with E-state index in [4.69, 9.17) is 16.3 Å². The molecule has 1 unspecified atom stereocenters. The van der Waals surface area contributed by atoms with Gasteiger partial charge in [0, 0.05) is 17.6 Å². The lowest BCUT2D eigenvalue weighted by atomic mass is 10.1. The highest BCUT2D eigenvalue weighted by Crippen LogP contribution is 2.32. The molecule has 1 aromatic carbocycles. The molecular formula is C20H19ClN4O3. The third-order valence-corrected chi connectivity index (χ3v) is 5.30. The van der Waals surface area contributed by atoms with Crippen LogP contribution in [0.3, 0.4) is 0 Å². The second kappa shape index (κ2) is 6.83. The van der Waals surface area contributed by atoms with Gasteiger partial charge in [0.25, 0.3) is 0 Å². The maximum absolute atomic E-state index is 13.4. The highest BCUT2D eigenvalue weighted by molar-refractivity contribution is 6.29. The molecule has 8 heteroatoms. The summed E-state index contributed by atoms with van der Waals surface area (Å²) in [4.78, 5) is 19.5. The topological polar surface area (TPSA) is 74.3 Å². The minimum atomic E-state index is -0.330. The molecule has 0 fully saturated rings. The number of hydrogen-bond donors (Lipinski definition) is 0. The molecule has 28 heavy (non-hydrogen) atoms. The fourth-order valence-corrected chi connectivity index (χ4v) is 3.82. The molecule has 0 aliphatic carbocycles. The number of benzene rings is 1. The zero-order valence-corrected chi connectivity index (χ0v) is 16.5. The normalized spacial score (nSPS) is 15.6. The van der Waals surface area contributed by atoms with Crippen LogP contribution in [0, 0.1) is 0 Å². The largest absolute Gasteiger partial charge is 0.848 e. The molecule has 1 atom stereocenters. The fraction of sp³-hybridized carbons (Fsp3) is 0.250. The highest BCUT2D eigenvalue weighted by atomic mass is 35.5. The lowest BCUT2D eigenvalue weighted by Crippen LogP contribution is -2.44. The predicted octanol–water partition coefficient (Wildman–Crippen LogP) is 1.51. The van der Waals surface area contributed by atoms with E-state index in [-0.39, 0.29) is 23.0 Å². The highest BCUT2D eigenvalue weighted by Gasteiger charge is 2.39. The van der Waals surface area contributed by atoms with Crippen molar-refractivity contribution in [2.24, 2.45) is 7.05 Å². The lowest BCUT2D eigenvalue weighted by Gasteiger charge is -2.19. The van der Waals surface area contributed by atoms with E-state index in [2.05, 4.69) is 4.98 Å². The molecule has 0 bridgehead atoms. The van der Waals surface area contributed by atoms with Crippen LogP contribution in [-0.4, -0.2) is 30.3 Å². The molecule has 0 saturated heterocycles. The smallest absolute Gasteiger partial charge is 0.362 e. The number of fused-ring (bicyclic) bond motifs is 1. The molecule has 144 valence electrons. The van der Waals surface area contributed by atoms with Gasteiger partial charge in [-0.1, -0.05) is 29.8 Å². The van der Waals surface area contributed by atoms with Crippen LogP contribution in [0.5, 0.6) is 11.6 Å². The van der Waals surface area contributed by atoms with E-state index in [1.54, 1.807) is 55.3 Å². The number of rotatable bonds is 3. The molecule has 2 aromatic heterocycles. The summed E-state index contributed by atoms with van der Waals surface area (Å²) in [5.74, 6) is 0.891. The van der Waals surface area contributed by atoms with Crippen LogP contribution in [-0.2, 0) is 7.05 Å². The summed E-state index contributed by atoms with van der Waals surface area (Å²) in [6.07, 6.45) is 1.67. The Bertz CT molecular complexity index is 1090. The van der Waals surface area contributed by atoms with Gasteiger partial charge in [-0.2, -0.15) is 4.57 Å². The first-order valence-electron chi connectivity index (χ1n) is 8.75. The van der Waals surface area contributed by atoms with Crippen molar-refractivity contribution in [3.8, 4) is 22.8 Å². The minimum absolute atomic E-state index is 0.135. The van der Waals surface area contributed by atoms with Gasteiger partial charge in [0.1, 0.15) is 23.5 Å². The van der Waals surface area contributed by atoms with Crippen molar-refractivity contribution >= 4 is 17.5 Å². The summed E-state index contributed by atoms with van der Waals surface area (Å²) in [7, 11) is 5.11. The van der Waals surface area contributed by atoms with E-state index in [9.17, 15) is 9.90 Å². The Morgan fingerprint density at radius 3 is 2.57 bits per heavy atom. The summed E-state index contributed by atoms with van der Waals surface area (Å²) in [6, 6.07) is 10.2. The predicted molar refractivity (Wildman–Crippen MR) is 104 cm³/mol. The van der Waals surface area contributed by atoms with E-state index in [0.29, 0.717) is 29.0 Å². The van der Waals surface area contributed by atoms with Gasteiger partial charge in [-0.05, 0) is 23.8 Å². The molecule has 1 aliphatic heterocycles. The number of anilines is 1. The van der Waals surface area contributed by atoms with Crippen molar-refractivity contribution in [3.05, 3.63) is 63.7 Å². The van der Waals surface area contributed by atoms with Crippen LogP contribution in [0.2, 0.25) is 5.15 Å². The van der Waals surface area contributed by atoms with Crippen molar-refractivity contribution < 1.29 is 14.4 Å². The summed E-state index contributed by atoms with van der Waals surface area (Å²) in [6.45, 7) is 0.553. The number of likely N-dealkylation sites (N-methyl/N-ethyl adjacent to an activating group) is 1. The molecule has 3 heterocycles. The third kappa shape index (κ3) is 2.79. The Morgan fingerprint density at radius 1 is 1.25 bits per heavy atom. The van der Waals surface area contributed by atoms with E-state index < -0.39 is 0 Å². The van der Waals surface area contributed by atoms with E-state index in [1.807, 2.05) is 18.0 Å². The average Bonchev–Trinajstić information content (AvgIpc) is 3.05. The maximum Gasteiger partial charge on any atom is 0.362 e. The second-order valence-corrected chi connectivity index (χ2v) is 7.14. The molecule has 0 saturated carbocycles. The third-order valence-electron chi connectivity index (χ3n) is 5.08. The molecule has 0 radical (unpaired) electrons. The Balaban J connectivity index is 1.94. The van der Waals surface area contributed by atoms with Gasteiger partial charge in [0.2, 0.25) is 0 Å². The van der Waals surface area contributed by atoms with Crippen LogP contribution in [0.4, 0.5) is 5.95 Å². The minimum Gasteiger partial charge on any atom is -0.848 e. The Kier molecular flexibility index (Phi) is 4.47. The summed E-state index contributed by atoms with van der Waals surface area (Å²) < 4.78 is 8.35. The van der Waals surface area contributed by atoms with Crippen molar-refractivity contribution in [2.75, 3.05) is 25.6 Å². The van der Waals surface area contributed by atoms with Crippen molar-refractivity contribution in [2.45, 2.75) is 6.04 Å². The number of halogens is 1. The lowest BCUT2D eigenvalue weighted by molar-refractivity contribution is -0.705. The monoisotopic (exact) mass is 398 g/mol. The molecule has 0 amide bonds.